The monoisotopic (exact) mass is 369 g/mol. The number of aryl methyl sites for hydroxylation is 1. The molecule has 0 bridgehead atoms. The Bertz CT molecular complexity index is 1120. The number of hydrogen-bond donors (Lipinski definition) is 4. The molecule has 0 saturated heterocycles. The smallest absolute Gasteiger partial charge is 0.272 e. The number of halogens is 1. The van der Waals surface area contributed by atoms with E-state index in [1.54, 1.807) is 13.1 Å². The van der Waals surface area contributed by atoms with E-state index in [0.717, 1.165) is 6.21 Å². The van der Waals surface area contributed by atoms with Crippen LogP contribution in [0.25, 0.3) is 22.0 Å². The number of pyridine rings is 2. The number of benzene rings is 1. The quantitative estimate of drug-likeness (QED) is 0.415. The number of nitrogens with zero attached hydrogens (tertiary/aromatic N) is 1. The Morgan fingerprint density at radius 2 is 2.00 bits per heavy atom. The normalized spacial score (nSPS) is 11.1. The molecule has 27 heavy (non-hydrogen) atoms. The zero-order chi connectivity index (χ0) is 19.9. The van der Waals surface area contributed by atoms with Crippen molar-refractivity contribution in [3.8, 4) is 16.9 Å². The fraction of sp³-hybridized carbons (Fsp3) is 0.211. The predicted octanol–water partition coefficient (Wildman–Crippen LogP) is 2.99. The molecule has 0 saturated carbocycles. The summed E-state index contributed by atoms with van der Waals surface area (Å²) in [6.45, 7) is 5.46. The van der Waals surface area contributed by atoms with Crippen molar-refractivity contribution in [1.82, 2.24) is 9.97 Å². The average molecular weight is 369 g/mol. The summed E-state index contributed by atoms with van der Waals surface area (Å²) in [5.41, 5.74) is 13.0. The number of hydrogen-bond acceptors (Lipinski definition) is 6. The summed E-state index contributed by atoms with van der Waals surface area (Å²) >= 11 is 0. The van der Waals surface area contributed by atoms with Crippen LogP contribution in [0.5, 0.6) is 5.75 Å². The Labute approximate surface area is 154 Å². The first-order valence-corrected chi connectivity index (χ1v) is 8.32. The first kappa shape index (κ1) is 18.4. The molecule has 3 rings (SSSR count). The molecule has 0 radical (unpaired) electrons. The van der Waals surface area contributed by atoms with E-state index in [9.17, 15) is 9.18 Å². The molecular formula is C19H20FN5O2. The Morgan fingerprint density at radius 1 is 1.30 bits per heavy atom. The van der Waals surface area contributed by atoms with E-state index in [-0.39, 0.29) is 23.0 Å². The lowest BCUT2D eigenvalue weighted by molar-refractivity contribution is 0.244. The molecule has 7 nitrogen and oxygen atoms in total. The molecule has 3 aromatic rings. The van der Waals surface area contributed by atoms with Crippen LogP contribution in [0.1, 0.15) is 25.1 Å². The van der Waals surface area contributed by atoms with Crippen LogP contribution in [0.15, 0.2) is 23.1 Å². The zero-order valence-electron chi connectivity index (χ0n) is 15.2. The number of ether oxygens (including phenoxy) is 1. The first-order valence-electron chi connectivity index (χ1n) is 8.32. The Morgan fingerprint density at radius 3 is 2.63 bits per heavy atom. The van der Waals surface area contributed by atoms with Crippen LogP contribution >= 0.6 is 0 Å². The van der Waals surface area contributed by atoms with Gasteiger partial charge in [-0.2, -0.15) is 0 Å². The van der Waals surface area contributed by atoms with E-state index in [1.165, 1.54) is 12.1 Å². The third kappa shape index (κ3) is 2.99. The molecule has 0 aliphatic heterocycles. The van der Waals surface area contributed by atoms with Gasteiger partial charge in [-0.3, -0.25) is 9.78 Å². The number of nitrogens with one attached hydrogen (secondary N) is 2. The summed E-state index contributed by atoms with van der Waals surface area (Å²) in [7, 11) is 0. The summed E-state index contributed by atoms with van der Waals surface area (Å²) in [5.74, 6) is -0.233. The summed E-state index contributed by atoms with van der Waals surface area (Å²) in [4.78, 5) is 19.5. The molecular weight excluding hydrogens is 349 g/mol. The lowest BCUT2D eigenvalue weighted by Gasteiger charge is -2.18. The van der Waals surface area contributed by atoms with Gasteiger partial charge in [0.2, 0.25) is 0 Å². The van der Waals surface area contributed by atoms with Crippen molar-refractivity contribution in [3.05, 3.63) is 45.8 Å². The van der Waals surface area contributed by atoms with Gasteiger partial charge in [0.05, 0.1) is 34.6 Å². The topological polar surface area (TPSA) is 131 Å². The van der Waals surface area contributed by atoms with Gasteiger partial charge in [0.15, 0.2) is 0 Å². The maximum Gasteiger partial charge on any atom is 0.272 e. The zero-order valence-corrected chi connectivity index (χ0v) is 15.2. The Hall–Kier alpha value is -3.42. The highest BCUT2D eigenvalue weighted by atomic mass is 19.1. The van der Waals surface area contributed by atoms with Gasteiger partial charge in [0, 0.05) is 17.3 Å². The largest absolute Gasteiger partial charge is 0.489 e. The Kier molecular flexibility index (Phi) is 4.57. The molecule has 0 fully saturated rings. The van der Waals surface area contributed by atoms with Crippen LogP contribution in [0.3, 0.4) is 0 Å². The van der Waals surface area contributed by atoms with Crippen molar-refractivity contribution in [3.63, 3.8) is 0 Å². The lowest BCUT2D eigenvalue weighted by Crippen LogP contribution is -2.16. The van der Waals surface area contributed by atoms with Crippen molar-refractivity contribution < 1.29 is 9.13 Å². The number of anilines is 2. The SMILES string of the molecule is Cc1ncc(OC(C)C)c2c(-c3ccc(F)c(N)c3C=N)c(N)c(=O)[nH]c12. The maximum absolute atomic E-state index is 13.9. The van der Waals surface area contributed by atoms with Gasteiger partial charge in [-0.15, -0.1) is 0 Å². The second kappa shape index (κ2) is 6.71. The highest BCUT2D eigenvalue weighted by Gasteiger charge is 2.22. The number of H-pyrrole nitrogens is 1. The molecule has 2 aromatic heterocycles. The van der Waals surface area contributed by atoms with Gasteiger partial charge in [-0.1, -0.05) is 6.07 Å². The minimum atomic E-state index is -0.651. The molecule has 0 atom stereocenters. The van der Waals surface area contributed by atoms with Crippen LogP contribution in [-0.2, 0) is 0 Å². The highest BCUT2D eigenvalue weighted by Crippen LogP contribution is 2.40. The van der Waals surface area contributed by atoms with Gasteiger partial charge < -0.3 is 26.6 Å². The van der Waals surface area contributed by atoms with Crippen LogP contribution in [0, 0.1) is 18.2 Å². The van der Waals surface area contributed by atoms with E-state index in [1.807, 2.05) is 13.8 Å². The molecule has 6 N–H and O–H groups in total. The number of rotatable bonds is 4. The fourth-order valence-corrected chi connectivity index (χ4v) is 3.03. The van der Waals surface area contributed by atoms with E-state index in [4.69, 9.17) is 21.6 Å². The van der Waals surface area contributed by atoms with Crippen LogP contribution in [0.2, 0.25) is 0 Å². The molecule has 2 heterocycles. The number of aromatic nitrogens is 2. The minimum Gasteiger partial charge on any atom is -0.489 e. The maximum atomic E-state index is 13.9. The standard InChI is InChI=1S/C19H20FN5O2/c1-8(2)27-13-7-24-9(3)18-15(13)14(17(23)19(26)25-18)10-4-5-12(20)16(22)11(10)6-21/h4-8,21H,22-23H2,1-3H3,(H,25,26). The average Bonchev–Trinajstić information content (AvgIpc) is 2.61. The summed E-state index contributed by atoms with van der Waals surface area (Å²) in [6, 6.07) is 2.63. The molecule has 0 amide bonds. The van der Waals surface area contributed by atoms with E-state index >= 15 is 0 Å². The number of nitrogen functional groups attached to an aromatic ring is 2. The first-order chi connectivity index (χ1) is 12.8. The van der Waals surface area contributed by atoms with E-state index in [2.05, 4.69) is 9.97 Å². The van der Waals surface area contributed by atoms with Crippen molar-refractivity contribution in [1.29, 1.82) is 5.41 Å². The fourth-order valence-electron chi connectivity index (χ4n) is 3.03. The predicted molar refractivity (Wildman–Crippen MR) is 105 cm³/mol. The molecule has 0 unspecified atom stereocenters. The Balaban J connectivity index is 2.55. The molecule has 0 aliphatic rings. The van der Waals surface area contributed by atoms with Gasteiger partial charge in [0.25, 0.3) is 5.56 Å². The summed E-state index contributed by atoms with van der Waals surface area (Å²) in [6.07, 6.45) is 2.34. The molecule has 0 aliphatic carbocycles. The highest BCUT2D eigenvalue weighted by molar-refractivity contribution is 6.08. The third-order valence-corrected chi connectivity index (χ3v) is 4.25. The van der Waals surface area contributed by atoms with Crippen LogP contribution < -0.4 is 21.8 Å². The number of nitrogens with two attached hydrogens (primary N) is 2. The second-order valence-electron chi connectivity index (χ2n) is 6.43. The number of fused-ring (bicyclic) bond motifs is 1. The van der Waals surface area contributed by atoms with Gasteiger partial charge in [-0.25, -0.2) is 4.39 Å². The van der Waals surface area contributed by atoms with Gasteiger partial charge in [-0.05, 0) is 32.4 Å². The van der Waals surface area contributed by atoms with Crippen molar-refractivity contribution in [2.75, 3.05) is 11.5 Å². The minimum absolute atomic E-state index is 0.0733. The van der Waals surface area contributed by atoms with Crippen molar-refractivity contribution in [2.45, 2.75) is 26.9 Å². The van der Waals surface area contributed by atoms with Crippen LogP contribution in [0.4, 0.5) is 15.8 Å². The summed E-state index contributed by atoms with van der Waals surface area (Å²) in [5, 5.41) is 8.20. The second-order valence-corrected chi connectivity index (χ2v) is 6.43. The van der Waals surface area contributed by atoms with E-state index < -0.39 is 11.4 Å². The van der Waals surface area contributed by atoms with E-state index in [0.29, 0.717) is 33.5 Å². The van der Waals surface area contributed by atoms with Crippen molar-refractivity contribution >= 4 is 28.5 Å². The van der Waals surface area contributed by atoms with Crippen LogP contribution in [-0.4, -0.2) is 22.3 Å². The summed E-state index contributed by atoms with van der Waals surface area (Å²) < 4.78 is 19.8. The number of aromatic amines is 1. The van der Waals surface area contributed by atoms with Gasteiger partial charge >= 0.3 is 0 Å². The molecule has 0 spiro atoms. The molecule has 1 aromatic carbocycles. The molecule has 140 valence electrons. The third-order valence-electron chi connectivity index (χ3n) is 4.25. The molecule has 8 heteroatoms. The lowest BCUT2D eigenvalue weighted by atomic mass is 9.94. The van der Waals surface area contributed by atoms with Crippen molar-refractivity contribution in [2.24, 2.45) is 0 Å². The van der Waals surface area contributed by atoms with Gasteiger partial charge in [0.1, 0.15) is 17.3 Å².